The van der Waals surface area contributed by atoms with E-state index in [-0.39, 0.29) is 0 Å². The third-order valence-corrected chi connectivity index (χ3v) is 1.84. The van der Waals surface area contributed by atoms with Crippen LogP contribution in [0.2, 0.25) is 0 Å². The zero-order valence-electron chi connectivity index (χ0n) is 7.08. The van der Waals surface area contributed by atoms with Crippen LogP contribution >= 0.6 is 8.25 Å². The van der Waals surface area contributed by atoms with Crippen LogP contribution in [-0.4, -0.2) is 12.0 Å². The molecule has 13 heavy (non-hydrogen) atoms. The van der Waals surface area contributed by atoms with E-state index in [0.717, 1.165) is 0 Å². The van der Waals surface area contributed by atoms with Crippen molar-refractivity contribution in [1.82, 2.24) is 0 Å². The van der Waals surface area contributed by atoms with Gasteiger partial charge in [-0.2, -0.15) is 0 Å². The highest BCUT2D eigenvalue weighted by Crippen LogP contribution is 2.28. The fourth-order valence-corrected chi connectivity index (χ4v) is 1.30. The summed E-state index contributed by atoms with van der Waals surface area (Å²) in [6.07, 6.45) is -0.783. The fraction of sp³-hybridized carbons (Fsp3) is 0.250. The lowest BCUT2D eigenvalue weighted by atomic mass is 10.2. The molecule has 2 atom stereocenters. The van der Waals surface area contributed by atoms with Gasteiger partial charge in [0, 0.05) is 17.2 Å². The SMILES string of the molecule is COC(O[P+](=O)O)c1ccccc1. The molecule has 0 aliphatic heterocycles. The van der Waals surface area contributed by atoms with E-state index in [1.165, 1.54) is 7.11 Å². The number of benzene rings is 1. The van der Waals surface area contributed by atoms with E-state index in [1.54, 1.807) is 24.3 Å². The van der Waals surface area contributed by atoms with Gasteiger partial charge in [-0.3, -0.25) is 0 Å². The van der Waals surface area contributed by atoms with Gasteiger partial charge in [-0.1, -0.05) is 34.9 Å². The maximum Gasteiger partial charge on any atom is 0.697 e. The van der Waals surface area contributed by atoms with Crippen LogP contribution in [0, 0.1) is 0 Å². The molecular weight excluding hydrogens is 191 g/mol. The van der Waals surface area contributed by atoms with Gasteiger partial charge in [0.05, 0.1) is 0 Å². The molecule has 0 aliphatic rings. The average Bonchev–Trinajstić information content (AvgIpc) is 2.15. The predicted octanol–water partition coefficient (Wildman–Crippen LogP) is 2.00. The summed E-state index contributed by atoms with van der Waals surface area (Å²) in [7, 11) is -1.23. The lowest BCUT2D eigenvalue weighted by molar-refractivity contribution is -0.0571. The maximum atomic E-state index is 10.4. The molecule has 0 radical (unpaired) electrons. The molecule has 1 aromatic rings. The minimum absolute atomic E-state index is 0.711. The molecule has 4 nitrogen and oxygen atoms in total. The van der Waals surface area contributed by atoms with Gasteiger partial charge in [-0.05, 0) is 0 Å². The molecule has 0 spiro atoms. The van der Waals surface area contributed by atoms with E-state index >= 15 is 0 Å². The molecule has 0 bridgehead atoms. The van der Waals surface area contributed by atoms with Crippen LogP contribution < -0.4 is 0 Å². The average molecular weight is 201 g/mol. The molecular formula is C8H10O4P+. The van der Waals surface area contributed by atoms with Crippen molar-refractivity contribution in [2.24, 2.45) is 0 Å². The lowest BCUT2D eigenvalue weighted by Crippen LogP contribution is -2.01. The molecule has 1 N–H and O–H groups in total. The Morgan fingerprint density at radius 1 is 1.38 bits per heavy atom. The van der Waals surface area contributed by atoms with Crippen LogP contribution in [0.4, 0.5) is 0 Å². The zero-order chi connectivity index (χ0) is 9.68. The third kappa shape index (κ3) is 3.20. The standard InChI is InChI=1S/C8H9O4P/c1-11-8(12-13(9)10)7-5-3-2-4-6-7/h2-6,8H,1H3/p+1. The highest BCUT2D eigenvalue weighted by atomic mass is 31.1. The Hall–Kier alpha value is -0.800. The van der Waals surface area contributed by atoms with Crippen molar-refractivity contribution in [3.05, 3.63) is 35.9 Å². The Labute approximate surface area is 77.1 Å². The molecule has 0 fully saturated rings. The summed E-state index contributed by atoms with van der Waals surface area (Å²) in [5.41, 5.74) is 0.711. The molecule has 70 valence electrons. The summed E-state index contributed by atoms with van der Waals surface area (Å²) in [6, 6.07) is 8.96. The Bertz CT molecular complexity index is 275. The molecule has 0 saturated carbocycles. The maximum absolute atomic E-state index is 10.4. The van der Waals surface area contributed by atoms with Gasteiger partial charge in [-0.15, -0.1) is 4.89 Å². The van der Waals surface area contributed by atoms with Crippen molar-refractivity contribution in [3.63, 3.8) is 0 Å². The lowest BCUT2D eigenvalue weighted by Gasteiger charge is -2.07. The van der Waals surface area contributed by atoms with Crippen molar-refractivity contribution in [1.29, 1.82) is 0 Å². The number of hydrogen-bond acceptors (Lipinski definition) is 3. The van der Waals surface area contributed by atoms with Crippen LogP contribution in [0.15, 0.2) is 30.3 Å². The fourth-order valence-electron chi connectivity index (χ4n) is 0.932. The second-order valence-electron chi connectivity index (χ2n) is 2.32. The number of ether oxygens (including phenoxy) is 1. The van der Waals surface area contributed by atoms with Gasteiger partial charge in [-0.25, -0.2) is 0 Å². The summed E-state index contributed by atoms with van der Waals surface area (Å²) < 4.78 is 19.9. The summed E-state index contributed by atoms with van der Waals surface area (Å²) >= 11 is 0. The molecule has 0 heterocycles. The van der Waals surface area contributed by atoms with Crippen LogP contribution in [0.25, 0.3) is 0 Å². The number of hydrogen-bond donors (Lipinski definition) is 1. The van der Waals surface area contributed by atoms with Crippen molar-refractivity contribution < 1.29 is 18.7 Å². The van der Waals surface area contributed by atoms with Crippen LogP contribution in [0.1, 0.15) is 11.9 Å². The van der Waals surface area contributed by atoms with Gasteiger partial charge in [0.2, 0.25) is 6.29 Å². The first-order valence-electron chi connectivity index (χ1n) is 3.64. The Morgan fingerprint density at radius 3 is 2.46 bits per heavy atom. The highest BCUT2D eigenvalue weighted by molar-refractivity contribution is 7.32. The Balaban J connectivity index is 2.73. The van der Waals surface area contributed by atoms with Crippen LogP contribution in [-0.2, 0) is 13.8 Å². The highest BCUT2D eigenvalue weighted by Gasteiger charge is 2.23. The minimum Gasteiger partial charge on any atom is -0.348 e. The number of methoxy groups -OCH3 is 1. The van der Waals surface area contributed by atoms with E-state index in [4.69, 9.17) is 9.63 Å². The van der Waals surface area contributed by atoms with Crippen LogP contribution in [0.3, 0.4) is 0 Å². The summed E-state index contributed by atoms with van der Waals surface area (Å²) in [5.74, 6) is 0. The van der Waals surface area contributed by atoms with Crippen molar-refractivity contribution in [2.45, 2.75) is 6.29 Å². The summed E-state index contributed by atoms with van der Waals surface area (Å²) in [6.45, 7) is 0. The van der Waals surface area contributed by atoms with Gasteiger partial charge >= 0.3 is 8.25 Å². The van der Waals surface area contributed by atoms with Crippen molar-refractivity contribution >= 4 is 8.25 Å². The molecule has 0 amide bonds. The van der Waals surface area contributed by atoms with Gasteiger partial charge < -0.3 is 4.74 Å². The minimum atomic E-state index is -2.64. The molecule has 0 aliphatic carbocycles. The molecule has 0 aromatic heterocycles. The summed E-state index contributed by atoms with van der Waals surface area (Å²) in [4.78, 5) is 8.52. The Kier molecular flexibility index (Phi) is 3.99. The second-order valence-corrected chi connectivity index (χ2v) is 3.01. The molecule has 5 heteroatoms. The quantitative estimate of drug-likeness (QED) is 0.597. The molecule has 1 rings (SSSR count). The monoisotopic (exact) mass is 201 g/mol. The van der Waals surface area contributed by atoms with E-state index in [0.29, 0.717) is 5.56 Å². The van der Waals surface area contributed by atoms with E-state index in [1.807, 2.05) is 6.07 Å². The van der Waals surface area contributed by atoms with Crippen LogP contribution in [0.5, 0.6) is 0 Å². The van der Waals surface area contributed by atoms with Crippen molar-refractivity contribution in [2.75, 3.05) is 7.11 Å². The van der Waals surface area contributed by atoms with Gasteiger partial charge in [0.25, 0.3) is 0 Å². The number of rotatable bonds is 4. The van der Waals surface area contributed by atoms with Gasteiger partial charge in [0.1, 0.15) is 0 Å². The van der Waals surface area contributed by atoms with E-state index in [2.05, 4.69) is 4.52 Å². The first kappa shape index (κ1) is 10.3. The van der Waals surface area contributed by atoms with E-state index < -0.39 is 14.5 Å². The summed E-state index contributed by atoms with van der Waals surface area (Å²) in [5, 5.41) is 0. The second kappa shape index (κ2) is 5.04. The predicted molar refractivity (Wildman–Crippen MR) is 47.1 cm³/mol. The van der Waals surface area contributed by atoms with Crippen molar-refractivity contribution in [3.8, 4) is 0 Å². The van der Waals surface area contributed by atoms with E-state index in [9.17, 15) is 4.57 Å². The molecule has 1 aromatic carbocycles. The first-order chi connectivity index (χ1) is 6.24. The largest absolute Gasteiger partial charge is 0.697 e. The third-order valence-electron chi connectivity index (χ3n) is 1.47. The van der Waals surface area contributed by atoms with Gasteiger partial charge in [0.15, 0.2) is 0 Å². The molecule has 0 saturated heterocycles. The normalized spacial score (nSPS) is 13.8. The Morgan fingerprint density at radius 2 is 2.00 bits per heavy atom. The topological polar surface area (TPSA) is 55.8 Å². The first-order valence-corrected chi connectivity index (χ1v) is 4.77. The molecule has 2 unspecified atom stereocenters. The zero-order valence-corrected chi connectivity index (χ0v) is 7.98. The smallest absolute Gasteiger partial charge is 0.348 e.